The maximum absolute atomic E-state index is 13.6. The number of hydrogen-bond acceptors (Lipinski definition) is 4. The second-order valence-electron chi connectivity index (χ2n) is 13.8. The van der Waals surface area contributed by atoms with Crippen LogP contribution in [-0.4, -0.2) is 51.2 Å². The van der Waals surface area contributed by atoms with Crippen LogP contribution >= 0.6 is 0 Å². The number of aliphatic carboxylic acids is 2. The first-order valence-corrected chi connectivity index (χ1v) is 17.0. The summed E-state index contributed by atoms with van der Waals surface area (Å²) in [6.07, 6.45) is 25.2. The van der Waals surface area contributed by atoms with Crippen molar-refractivity contribution in [1.29, 1.82) is 0 Å². The normalized spacial score (nSPS) is 24.5. The minimum Gasteiger partial charge on any atom is -0.478 e. The number of rotatable bonds is 13. The maximum Gasteiger partial charge on any atom is 0.328 e. The Balaban J connectivity index is 2.31. The Bertz CT molecular complexity index is 1640. The number of carbonyl (C=O) groups excluding carboxylic acids is 2. The van der Waals surface area contributed by atoms with Crippen molar-refractivity contribution in [3.8, 4) is 0 Å². The van der Waals surface area contributed by atoms with Crippen LogP contribution < -0.4 is 16.0 Å². The van der Waals surface area contributed by atoms with Gasteiger partial charge in [0.1, 0.15) is 0 Å². The van der Waals surface area contributed by atoms with Crippen LogP contribution in [0.5, 0.6) is 0 Å². The lowest BCUT2D eigenvalue weighted by Crippen LogP contribution is -2.56. The van der Waals surface area contributed by atoms with Crippen LogP contribution in [0.15, 0.2) is 117 Å². The Kier molecular flexibility index (Phi) is 15.5. The zero-order valence-electron chi connectivity index (χ0n) is 31.1. The van der Waals surface area contributed by atoms with Crippen LogP contribution in [0.3, 0.4) is 0 Å². The van der Waals surface area contributed by atoms with E-state index in [1.54, 1.807) is 32.1 Å². The van der Waals surface area contributed by atoms with E-state index in [1.807, 2.05) is 64.2 Å². The molecule has 0 bridgehead atoms. The minimum absolute atomic E-state index is 0.134. The molecule has 50 heavy (non-hydrogen) atoms. The molecule has 9 heteroatoms. The topological polar surface area (TPSA) is 145 Å². The summed E-state index contributed by atoms with van der Waals surface area (Å²) in [6.45, 7) is 17.0. The van der Waals surface area contributed by atoms with Gasteiger partial charge >= 0.3 is 18.0 Å². The van der Waals surface area contributed by atoms with Gasteiger partial charge in [-0.1, -0.05) is 77.5 Å². The quantitative estimate of drug-likeness (QED) is 0.0979. The molecule has 2 aliphatic rings. The van der Waals surface area contributed by atoms with Gasteiger partial charge in [0.05, 0.1) is 17.1 Å². The van der Waals surface area contributed by atoms with E-state index in [4.69, 9.17) is 10.2 Å². The van der Waals surface area contributed by atoms with Crippen LogP contribution in [0.2, 0.25) is 0 Å². The molecule has 1 unspecified atom stereocenters. The molecule has 0 aromatic heterocycles. The van der Waals surface area contributed by atoms with Gasteiger partial charge in [0, 0.05) is 19.1 Å². The monoisotopic (exact) mass is 685 g/mol. The zero-order chi connectivity index (χ0) is 37.6. The van der Waals surface area contributed by atoms with E-state index in [0.717, 1.165) is 59.3 Å². The van der Waals surface area contributed by atoms with E-state index in [1.165, 1.54) is 12.5 Å². The van der Waals surface area contributed by atoms with Gasteiger partial charge in [-0.3, -0.25) is 4.79 Å². The molecule has 0 aliphatic heterocycles. The largest absolute Gasteiger partial charge is 0.478 e. The fourth-order valence-electron chi connectivity index (χ4n) is 6.50. The highest BCUT2D eigenvalue weighted by Gasteiger charge is 2.38. The summed E-state index contributed by atoms with van der Waals surface area (Å²) < 4.78 is 0. The summed E-state index contributed by atoms with van der Waals surface area (Å²) in [5, 5.41) is 27.4. The average Bonchev–Trinajstić information content (AvgIpc) is 2.97. The molecule has 0 spiro atoms. The highest BCUT2D eigenvalue weighted by atomic mass is 16.4. The van der Waals surface area contributed by atoms with Crippen molar-refractivity contribution in [2.75, 3.05) is 0 Å². The van der Waals surface area contributed by atoms with Gasteiger partial charge in [0.15, 0.2) is 0 Å². The standard InChI is InChI=1S/C41H55N3O6/c1-27(13-10-15-29(3)25-37(46)47)18-20-34-31(5)17-12-23-40(34,8)44-39(50)42-36-22-24-41(9,43-33(7)45)35(32(36)6)21-19-28(2)14-11-16-30(4)26-38(48)49/h10-11,13-16,18-21,25-26,36H,12,17,22-24H2,1-9H3,(H,43,45)(H,46,47)(H,48,49)(H2,42,44,50)/b15-10+,16-11+,20-18+,21-19+,27-13+,28-14+,29-25+,30-26+/t36?,40-,41-/m1/s1. The SMILES string of the molecule is CC(=O)N[C@]1(C)CCC(NC(=O)N[C@]2(C)CCCC(C)=C2/C=C/C(C)=C/C=C/C(C)=C/C(=O)O)C(C)=C1/C=C/C(C)=C/C=C/C(C)=C/C(=O)O. The van der Waals surface area contributed by atoms with E-state index in [-0.39, 0.29) is 18.0 Å². The molecule has 2 rings (SSSR count). The van der Waals surface area contributed by atoms with Gasteiger partial charge in [-0.2, -0.15) is 0 Å². The Morgan fingerprint density at radius 1 is 0.700 bits per heavy atom. The lowest BCUT2D eigenvalue weighted by molar-refractivity contribution is -0.132. The molecule has 0 aromatic carbocycles. The molecule has 0 aromatic rings. The van der Waals surface area contributed by atoms with Crippen molar-refractivity contribution in [2.45, 2.75) is 112 Å². The third-order valence-electron chi connectivity index (χ3n) is 9.07. The van der Waals surface area contributed by atoms with E-state index in [9.17, 15) is 19.2 Å². The molecular weight excluding hydrogens is 630 g/mol. The molecule has 0 saturated carbocycles. The van der Waals surface area contributed by atoms with Crippen molar-refractivity contribution < 1.29 is 29.4 Å². The molecule has 3 atom stereocenters. The number of hydrogen-bond donors (Lipinski definition) is 5. The zero-order valence-corrected chi connectivity index (χ0v) is 31.1. The lowest BCUT2D eigenvalue weighted by Gasteiger charge is -2.41. The summed E-state index contributed by atoms with van der Waals surface area (Å²) in [7, 11) is 0. The maximum atomic E-state index is 13.6. The average molecular weight is 686 g/mol. The van der Waals surface area contributed by atoms with Gasteiger partial charge in [0.2, 0.25) is 5.91 Å². The molecule has 0 saturated heterocycles. The van der Waals surface area contributed by atoms with E-state index < -0.39 is 23.0 Å². The van der Waals surface area contributed by atoms with Crippen LogP contribution in [0.1, 0.15) is 94.4 Å². The Morgan fingerprint density at radius 3 is 1.70 bits per heavy atom. The fraction of sp³-hybridized carbons (Fsp3) is 0.415. The Labute approximate surface area is 297 Å². The van der Waals surface area contributed by atoms with E-state index in [0.29, 0.717) is 24.0 Å². The highest BCUT2D eigenvalue weighted by molar-refractivity contribution is 5.81. The number of allylic oxidation sites excluding steroid dienone is 13. The van der Waals surface area contributed by atoms with Crippen molar-refractivity contribution in [2.24, 2.45) is 0 Å². The Morgan fingerprint density at radius 2 is 1.20 bits per heavy atom. The predicted octanol–water partition coefficient (Wildman–Crippen LogP) is 8.10. The van der Waals surface area contributed by atoms with Crippen molar-refractivity contribution >= 4 is 23.9 Å². The van der Waals surface area contributed by atoms with Crippen molar-refractivity contribution in [1.82, 2.24) is 16.0 Å². The molecule has 0 fully saturated rings. The number of carboxylic acid groups (broad SMARTS) is 2. The molecule has 0 heterocycles. The van der Waals surface area contributed by atoms with Crippen LogP contribution in [0.25, 0.3) is 0 Å². The highest BCUT2D eigenvalue weighted by Crippen LogP contribution is 2.36. The second kappa shape index (κ2) is 18.7. The number of carbonyl (C=O) groups is 4. The van der Waals surface area contributed by atoms with Gasteiger partial charge < -0.3 is 26.2 Å². The third kappa shape index (κ3) is 13.2. The molecule has 2 aliphatic carbocycles. The van der Waals surface area contributed by atoms with E-state index in [2.05, 4.69) is 35.9 Å². The van der Waals surface area contributed by atoms with Crippen molar-refractivity contribution in [3.05, 3.63) is 117 Å². The van der Waals surface area contributed by atoms with Gasteiger partial charge in [-0.25, -0.2) is 14.4 Å². The summed E-state index contributed by atoms with van der Waals surface area (Å²) in [5.41, 5.74) is 6.17. The first-order chi connectivity index (χ1) is 23.3. The fourth-order valence-corrected chi connectivity index (χ4v) is 6.50. The summed E-state index contributed by atoms with van der Waals surface area (Å²) in [5.74, 6) is -2.11. The van der Waals surface area contributed by atoms with Gasteiger partial charge in [0.25, 0.3) is 0 Å². The van der Waals surface area contributed by atoms with Crippen molar-refractivity contribution in [3.63, 3.8) is 0 Å². The first-order valence-electron chi connectivity index (χ1n) is 17.0. The molecule has 3 amide bonds. The lowest BCUT2D eigenvalue weighted by atomic mass is 9.75. The predicted molar refractivity (Wildman–Crippen MR) is 201 cm³/mol. The van der Waals surface area contributed by atoms with Crippen LogP contribution in [-0.2, 0) is 14.4 Å². The number of nitrogens with one attached hydrogen (secondary N) is 3. The van der Waals surface area contributed by atoms with Crippen LogP contribution in [0, 0.1) is 0 Å². The molecular formula is C41H55N3O6. The molecule has 9 nitrogen and oxygen atoms in total. The minimum atomic E-state index is -0.994. The number of amides is 3. The molecule has 5 N–H and O–H groups in total. The Hall–Kier alpha value is -4.92. The first kappa shape index (κ1) is 41.3. The summed E-state index contributed by atoms with van der Waals surface area (Å²) in [4.78, 5) is 47.6. The number of urea groups is 1. The van der Waals surface area contributed by atoms with Gasteiger partial charge in [-0.15, -0.1) is 0 Å². The smallest absolute Gasteiger partial charge is 0.328 e. The molecule has 270 valence electrons. The third-order valence-corrected chi connectivity index (χ3v) is 9.07. The summed E-state index contributed by atoms with van der Waals surface area (Å²) >= 11 is 0. The summed E-state index contributed by atoms with van der Waals surface area (Å²) in [6, 6.07) is -0.498. The van der Waals surface area contributed by atoms with Crippen LogP contribution in [0.4, 0.5) is 4.79 Å². The van der Waals surface area contributed by atoms with Gasteiger partial charge in [-0.05, 0) is 115 Å². The van der Waals surface area contributed by atoms with E-state index >= 15 is 0 Å². The molecule has 0 radical (unpaired) electrons. The number of carboxylic acids is 2. The second-order valence-corrected chi connectivity index (χ2v) is 13.8.